The second-order valence-corrected chi connectivity index (χ2v) is 8.11. The van der Waals surface area contributed by atoms with E-state index in [1.54, 1.807) is 0 Å². The zero-order valence-corrected chi connectivity index (χ0v) is 19.4. The van der Waals surface area contributed by atoms with Crippen molar-refractivity contribution in [2.75, 3.05) is 52.4 Å². The standard InChI is InChI=1S/C25H33N5O4/c31-23-19-30(18-22-9-5-2-6-10-22)25(33)34-20-24(32)28-14-16-29(15-13-26-11-12-27-23)17-21-7-3-1-4-8-21/h1-10,26H,11-20H2,(H,27,31)(H,28,32). The highest BCUT2D eigenvalue weighted by atomic mass is 16.6. The fourth-order valence-electron chi connectivity index (χ4n) is 3.61. The number of cyclic esters (lactones) is 1. The van der Waals surface area contributed by atoms with E-state index in [1.807, 2.05) is 48.5 Å². The van der Waals surface area contributed by atoms with Gasteiger partial charge in [-0.3, -0.25) is 19.4 Å². The third-order valence-corrected chi connectivity index (χ3v) is 5.36. The van der Waals surface area contributed by atoms with Crippen LogP contribution in [0.2, 0.25) is 0 Å². The molecule has 0 bridgehead atoms. The average Bonchev–Trinajstić information content (AvgIpc) is 2.85. The smallest absolute Gasteiger partial charge is 0.411 e. The molecule has 0 radical (unpaired) electrons. The van der Waals surface area contributed by atoms with Crippen LogP contribution >= 0.6 is 0 Å². The Morgan fingerprint density at radius 1 is 0.706 bits per heavy atom. The van der Waals surface area contributed by atoms with Crippen molar-refractivity contribution in [3.05, 3.63) is 71.8 Å². The Kier molecular flexibility index (Phi) is 10.4. The second-order valence-electron chi connectivity index (χ2n) is 8.11. The van der Waals surface area contributed by atoms with E-state index in [0.29, 0.717) is 26.2 Å². The van der Waals surface area contributed by atoms with Crippen molar-refractivity contribution in [3.8, 4) is 0 Å². The lowest BCUT2D eigenvalue weighted by Gasteiger charge is -2.23. The van der Waals surface area contributed by atoms with Gasteiger partial charge < -0.3 is 20.7 Å². The van der Waals surface area contributed by atoms with Gasteiger partial charge in [0.05, 0.1) is 0 Å². The van der Waals surface area contributed by atoms with E-state index in [0.717, 1.165) is 25.2 Å². The normalized spacial score (nSPS) is 17.9. The van der Waals surface area contributed by atoms with Crippen LogP contribution in [0.3, 0.4) is 0 Å². The quantitative estimate of drug-likeness (QED) is 0.619. The topological polar surface area (TPSA) is 103 Å². The average molecular weight is 468 g/mol. The lowest BCUT2D eigenvalue weighted by molar-refractivity contribution is -0.124. The minimum Gasteiger partial charge on any atom is -0.439 e. The van der Waals surface area contributed by atoms with Gasteiger partial charge >= 0.3 is 6.09 Å². The van der Waals surface area contributed by atoms with Crippen LogP contribution < -0.4 is 16.0 Å². The van der Waals surface area contributed by atoms with Gasteiger partial charge in [0.1, 0.15) is 6.54 Å². The summed E-state index contributed by atoms with van der Waals surface area (Å²) in [4.78, 5) is 40.8. The first kappa shape index (κ1) is 25.2. The second kappa shape index (κ2) is 14.0. The molecule has 1 aliphatic heterocycles. The number of ether oxygens (including phenoxy) is 1. The number of amides is 3. The first-order valence-electron chi connectivity index (χ1n) is 11.6. The van der Waals surface area contributed by atoms with Gasteiger partial charge in [-0.15, -0.1) is 0 Å². The molecule has 0 spiro atoms. The molecule has 1 fully saturated rings. The summed E-state index contributed by atoms with van der Waals surface area (Å²) in [6.45, 7) is 4.13. The number of nitrogens with one attached hydrogen (secondary N) is 3. The molecule has 1 heterocycles. The van der Waals surface area contributed by atoms with E-state index in [1.165, 1.54) is 10.5 Å². The van der Waals surface area contributed by atoms with Gasteiger partial charge in [-0.25, -0.2) is 4.79 Å². The Hall–Kier alpha value is -3.43. The van der Waals surface area contributed by atoms with Crippen molar-refractivity contribution in [3.63, 3.8) is 0 Å². The van der Waals surface area contributed by atoms with E-state index >= 15 is 0 Å². The number of rotatable bonds is 4. The maximum atomic E-state index is 12.6. The molecular weight excluding hydrogens is 434 g/mol. The molecule has 3 N–H and O–H groups in total. The van der Waals surface area contributed by atoms with Crippen molar-refractivity contribution in [1.29, 1.82) is 0 Å². The Morgan fingerprint density at radius 2 is 1.32 bits per heavy atom. The molecule has 2 aromatic carbocycles. The molecule has 182 valence electrons. The molecule has 0 aromatic heterocycles. The molecule has 3 rings (SSSR count). The van der Waals surface area contributed by atoms with Crippen LogP contribution in [0.15, 0.2) is 60.7 Å². The van der Waals surface area contributed by atoms with Gasteiger partial charge in [-0.1, -0.05) is 60.7 Å². The summed E-state index contributed by atoms with van der Waals surface area (Å²) in [5, 5.41) is 8.98. The van der Waals surface area contributed by atoms with E-state index in [9.17, 15) is 14.4 Å². The number of nitrogens with zero attached hydrogens (tertiary/aromatic N) is 2. The minimum absolute atomic E-state index is 0.153. The van der Waals surface area contributed by atoms with Gasteiger partial charge in [0, 0.05) is 52.4 Å². The highest BCUT2D eigenvalue weighted by Gasteiger charge is 2.20. The Labute approximate surface area is 200 Å². The molecular formula is C25H33N5O4. The molecule has 1 aliphatic rings. The predicted molar refractivity (Wildman–Crippen MR) is 129 cm³/mol. The molecule has 0 saturated carbocycles. The van der Waals surface area contributed by atoms with Crippen LogP contribution in [0.4, 0.5) is 4.79 Å². The Bertz CT molecular complexity index is 910. The van der Waals surface area contributed by atoms with Crippen LogP contribution in [0, 0.1) is 0 Å². The van der Waals surface area contributed by atoms with Crippen molar-refractivity contribution in [2.24, 2.45) is 0 Å². The summed E-state index contributed by atoms with van der Waals surface area (Å²) in [5.74, 6) is -0.659. The number of benzene rings is 2. The lowest BCUT2D eigenvalue weighted by Crippen LogP contribution is -2.43. The third-order valence-electron chi connectivity index (χ3n) is 5.36. The van der Waals surface area contributed by atoms with Gasteiger partial charge in [-0.05, 0) is 11.1 Å². The van der Waals surface area contributed by atoms with Crippen LogP contribution in [-0.2, 0) is 27.4 Å². The molecule has 0 atom stereocenters. The summed E-state index contributed by atoms with van der Waals surface area (Å²) in [6.07, 6.45) is -0.706. The number of hydrogen-bond donors (Lipinski definition) is 3. The summed E-state index contributed by atoms with van der Waals surface area (Å²) < 4.78 is 5.20. The van der Waals surface area contributed by atoms with E-state index in [4.69, 9.17) is 4.74 Å². The molecule has 9 heteroatoms. The zero-order valence-electron chi connectivity index (χ0n) is 19.4. The van der Waals surface area contributed by atoms with E-state index in [-0.39, 0.29) is 24.9 Å². The SMILES string of the molecule is O=C1COC(=O)N(Cc2ccccc2)CC(=O)NCCNCCN(Cc2ccccc2)CCN1. The largest absolute Gasteiger partial charge is 0.439 e. The van der Waals surface area contributed by atoms with E-state index < -0.39 is 12.7 Å². The van der Waals surface area contributed by atoms with Crippen LogP contribution in [-0.4, -0.2) is 80.1 Å². The fraction of sp³-hybridized carbons (Fsp3) is 0.400. The fourth-order valence-corrected chi connectivity index (χ4v) is 3.61. The van der Waals surface area contributed by atoms with E-state index in [2.05, 4.69) is 33.0 Å². The monoisotopic (exact) mass is 467 g/mol. The summed E-state index contributed by atoms with van der Waals surface area (Å²) in [7, 11) is 0. The molecule has 34 heavy (non-hydrogen) atoms. The highest BCUT2D eigenvalue weighted by Crippen LogP contribution is 2.07. The van der Waals surface area contributed by atoms with Gasteiger partial charge in [0.2, 0.25) is 5.91 Å². The van der Waals surface area contributed by atoms with Crippen molar-refractivity contribution in [2.45, 2.75) is 13.1 Å². The van der Waals surface area contributed by atoms with Crippen molar-refractivity contribution >= 4 is 17.9 Å². The molecule has 3 amide bonds. The van der Waals surface area contributed by atoms with Crippen LogP contribution in [0.25, 0.3) is 0 Å². The lowest BCUT2D eigenvalue weighted by atomic mass is 10.2. The first-order valence-corrected chi connectivity index (χ1v) is 11.6. The molecule has 1 saturated heterocycles. The molecule has 9 nitrogen and oxygen atoms in total. The minimum atomic E-state index is -0.706. The van der Waals surface area contributed by atoms with Crippen molar-refractivity contribution in [1.82, 2.24) is 25.8 Å². The third kappa shape index (κ3) is 9.21. The van der Waals surface area contributed by atoms with Crippen LogP contribution in [0.5, 0.6) is 0 Å². The highest BCUT2D eigenvalue weighted by molar-refractivity contribution is 5.84. The van der Waals surface area contributed by atoms with Gasteiger partial charge in [-0.2, -0.15) is 0 Å². The van der Waals surface area contributed by atoms with Gasteiger partial charge in [0.15, 0.2) is 6.61 Å². The predicted octanol–water partition coefficient (Wildman–Crippen LogP) is 0.963. The molecule has 2 aromatic rings. The summed E-state index contributed by atoms with van der Waals surface area (Å²) in [6, 6.07) is 19.5. The van der Waals surface area contributed by atoms with Gasteiger partial charge in [0.25, 0.3) is 5.91 Å². The maximum absolute atomic E-state index is 12.6. The maximum Gasteiger partial charge on any atom is 0.411 e. The molecule has 0 unspecified atom stereocenters. The summed E-state index contributed by atoms with van der Waals surface area (Å²) in [5.41, 5.74) is 2.06. The molecule has 0 aliphatic carbocycles. The zero-order chi connectivity index (χ0) is 24.0. The Morgan fingerprint density at radius 3 is 2.03 bits per heavy atom. The number of hydrogen-bond acceptors (Lipinski definition) is 6. The van der Waals surface area contributed by atoms with Crippen LogP contribution in [0.1, 0.15) is 11.1 Å². The number of carbonyl (C=O) groups is 3. The first-order chi connectivity index (χ1) is 16.6. The van der Waals surface area contributed by atoms with Crippen molar-refractivity contribution < 1.29 is 19.1 Å². The summed E-state index contributed by atoms with van der Waals surface area (Å²) >= 11 is 0. The Balaban J connectivity index is 1.59. The number of carbonyl (C=O) groups excluding carboxylic acids is 3.